The third kappa shape index (κ3) is 14.6. The van der Waals surface area contributed by atoms with Crippen LogP contribution in [-0.4, -0.2) is 18.1 Å². The lowest BCUT2D eigenvalue weighted by atomic mass is 10.1. The zero-order valence-corrected chi connectivity index (χ0v) is 15.6. The summed E-state index contributed by atoms with van der Waals surface area (Å²) < 4.78 is 5.70. The van der Waals surface area contributed by atoms with Gasteiger partial charge < -0.3 is 10.9 Å². The van der Waals surface area contributed by atoms with Crippen molar-refractivity contribution in [3.8, 4) is 5.75 Å². The van der Waals surface area contributed by atoms with Gasteiger partial charge in [-0.15, -0.1) is 0 Å². The predicted molar refractivity (Wildman–Crippen MR) is 106 cm³/mol. The van der Waals surface area contributed by atoms with E-state index in [0.717, 1.165) is 18.8 Å². The van der Waals surface area contributed by atoms with E-state index in [2.05, 4.69) is 18.7 Å². The highest BCUT2D eigenvalue weighted by molar-refractivity contribution is 7.99. The maximum Gasteiger partial charge on any atom is 0.119 e. The van der Waals surface area contributed by atoms with Gasteiger partial charge in [-0.2, -0.15) is 11.8 Å². The molecule has 0 bridgehead atoms. The van der Waals surface area contributed by atoms with Gasteiger partial charge in [0.05, 0.1) is 6.61 Å². The van der Waals surface area contributed by atoms with Gasteiger partial charge in [0.2, 0.25) is 0 Å². The van der Waals surface area contributed by atoms with E-state index in [-0.39, 0.29) is 6.15 Å². The number of unbranched alkanes of at least 4 members (excludes halogenated alkanes) is 8. The Bertz CT molecular complexity index is 332. The van der Waals surface area contributed by atoms with Gasteiger partial charge >= 0.3 is 0 Å². The second kappa shape index (κ2) is 17.7. The second-order valence-corrected chi connectivity index (χ2v) is 7.03. The van der Waals surface area contributed by atoms with E-state index in [0.29, 0.717) is 0 Å². The average Bonchev–Trinajstić information content (AvgIpc) is 2.56. The Hall–Kier alpha value is -0.670. The fourth-order valence-corrected chi connectivity index (χ4v) is 3.27. The summed E-state index contributed by atoms with van der Waals surface area (Å²) in [5, 5.41) is 0. The summed E-state index contributed by atoms with van der Waals surface area (Å²) in [5.74, 6) is 3.56. The van der Waals surface area contributed by atoms with Crippen molar-refractivity contribution in [3.05, 3.63) is 37.3 Å². The molecule has 0 aliphatic heterocycles. The minimum atomic E-state index is 0. The molecule has 0 amide bonds. The summed E-state index contributed by atoms with van der Waals surface area (Å²) in [4.78, 5) is 0. The molecule has 1 rings (SSSR count). The molecule has 0 heterocycles. The lowest BCUT2D eigenvalue weighted by Gasteiger charge is -2.06. The largest absolute Gasteiger partial charge is 0.494 e. The van der Waals surface area contributed by atoms with Crippen LogP contribution >= 0.6 is 11.8 Å². The van der Waals surface area contributed by atoms with Crippen molar-refractivity contribution < 1.29 is 4.74 Å². The Labute approximate surface area is 148 Å². The molecule has 1 aromatic carbocycles. The van der Waals surface area contributed by atoms with Crippen molar-refractivity contribution in [3.63, 3.8) is 0 Å². The van der Waals surface area contributed by atoms with Crippen LogP contribution in [0.25, 0.3) is 0 Å². The Morgan fingerprint density at radius 1 is 0.739 bits per heavy atom. The van der Waals surface area contributed by atoms with Gasteiger partial charge in [0, 0.05) is 0 Å². The summed E-state index contributed by atoms with van der Waals surface area (Å²) in [5.41, 5.74) is 0. The third-order valence-corrected chi connectivity index (χ3v) is 4.89. The molecule has 0 spiro atoms. The van der Waals surface area contributed by atoms with Crippen molar-refractivity contribution in [2.45, 2.75) is 64.2 Å². The highest BCUT2D eigenvalue weighted by Crippen LogP contribution is 2.13. The van der Waals surface area contributed by atoms with Crippen LogP contribution in [-0.2, 0) is 0 Å². The van der Waals surface area contributed by atoms with Crippen molar-refractivity contribution in [2.24, 2.45) is 0 Å². The highest BCUT2D eigenvalue weighted by atomic mass is 32.2. The van der Waals surface area contributed by atoms with Crippen molar-refractivity contribution in [1.29, 1.82) is 0 Å². The van der Waals surface area contributed by atoms with Gasteiger partial charge in [-0.3, -0.25) is 0 Å². The summed E-state index contributed by atoms with van der Waals surface area (Å²) >= 11 is 2.06. The summed E-state index contributed by atoms with van der Waals surface area (Å²) in [6.45, 7) is 4.72. The van der Waals surface area contributed by atoms with Crippen LogP contribution in [0, 0.1) is 6.92 Å². The quantitative estimate of drug-likeness (QED) is 0.362. The average molecular weight is 339 g/mol. The summed E-state index contributed by atoms with van der Waals surface area (Å²) in [7, 11) is 0. The minimum absolute atomic E-state index is 0. The van der Waals surface area contributed by atoms with E-state index in [9.17, 15) is 0 Å². The van der Waals surface area contributed by atoms with Crippen molar-refractivity contribution >= 4 is 11.8 Å². The van der Waals surface area contributed by atoms with Gasteiger partial charge in [0.25, 0.3) is 0 Å². The van der Waals surface area contributed by atoms with Crippen molar-refractivity contribution in [1.82, 2.24) is 6.15 Å². The molecule has 0 aliphatic rings. The van der Waals surface area contributed by atoms with E-state index >= 15 is 0 Å². The molecule has 0 fully saturated rings. The molecule has 0 saturated heterocycles. The Balaban J connectivity index is 0.00000484. The number of benzene rings is 1. The number of rotatable bonds is 15. The van der Waals surface area contributed by atoms with Crippen LogP contribution in [0.15, 0.2) is 30.3 Å². The van der Waals surface area contributed by atoms with Gasteiger partial charge in [-0.25, -0.2) is 0 Å². The number of ether oxygens (including phenoxy) is 1. The molecule has 1 aromatic rings. The van der Waals surface area contributed by atoms with Crippen LogP contribution in [0.2, 0.25) is 0 Å². The molecule has 0 aromatic heterocycles. The molecule has 0 aliphatic carbocycles. The summed E-state index contributed by atoms with van der Waals surface area (Å²) in [6.07, 6.45) is 13.3. The topological polar surface area (TPSA) is 44.2 Å². The smallest absolute Gasteiger partial charge is 0.119 e. The molecule has 0 atom stereocenters. The number of hydrogen-bond acceptors (Lipinski definition) is 3. The molecule has 2 nitrogen and oxygen atoms in total. The lowest BCUT2D eigenvalue weighted by molar-refractivity contribution is 0.304. The fraction of sp³-hybridized carbons (Fsp3) is 0.650. The van der Waals surface area contributed by atoms with Gasteiger partial charge in [0.1, 0.15) is 5.75 Å². The second-order valence-electron chi connectivity index (χ2n) is 5.81. The zero-order chi connectivity index (χ0) is 15.7. The molecule has 0 unspecified atom stereocenters. The molecular weight excluding hydrogens is 302 g/mol. The lowest BCUT2D eigenvalue weighted by Crippen LogP contribution is -1.96. The summed E-state index contributed by atoms with van der Waals surface area (Å²) in [6, 6.07) is 10.1. The molecule has 1 radical (unpaired) electrons. The normalized spacial score (nSPS) is 10.3. The van der Waals surface area contributed by atoms with Crippen molar-refractivity contribution in [2.75, 3.05) is 18.1 Å². The fourth-order valence-electron chi connectivity index (χ4n) is 2.45. The van der Waals surface area contributed by atoms with E-state index in [4.69, 9.17) is 4.74 Å². The number of para-hydroxylation sites is 1. The standard InChI is InChI=1S/C20H33OS.H3N/c1-2-18-22-19-14-9-7-5-3-4-6-8-13-17-21-20-15-11-10-12-16-20;/h10-12,15-16H,1-9,13-14,17-19H2;1H3. The molecule has 23 heavy (non-hydrogen) atoms. The first-order chi connectivity index (χ1) is 10.9. The number of hydrogen-bond donors (Lipinski definition) is 1. The monoisotopic (exact) mass is 338 g/mol. The first-order valence-corrected chi connectivity index (χ1v) is 10.1. The Morgan fingerprint density at radius 2 is 1.30 bits per heavy atom. The Morgan fingerprint density at radius 3 is 1.91 bits per heavy atom. The first-order valence-electron chi connectivity index (χ1n) is 8.98. The third-order valence-electron chi connectivity index (χ3n) is 3.73. The van der Waals surface area contributed by atoms with Crippen LogP contribution in [0.1, 0.15) is 64.2 Å². The number of thioether (sulfide) groups is 1. The minimum Gasteiger partial charge on any atom is -0.494 e. The van der Waals surface area contributed by atoms with E-state index in [1.165, 1.54) is 69.3 Å². The predicted octanol–water partition coefficient (Wildman–Crippen LogP) is 6.70. The van der Waals surface area contributed by atoms with Gasteiger partial charge in [-0.1, -0.05) is 70.1 Å². The van der Waals surface area contributed by atoms with Crippen LogP contribution in [0.5, 0.6) is 5.75 Å². The van der Waals surface area contributed by atoms with E-state index in [1.807, 2.05) is 30.3 Å². The maximum absolute atomic E-state index is 5.70. The molecule has 3 N–H and O–H groups in total. The zero-order valence-electron chi connectivity index (χ0n) is 14.8. The highest BCUT2D eigenvalue weighted by Gasteiger charge is 1.95. The Kier molecular flexibility index (Phi) is 17.2. The SMILES string of the molecule is N.[CH2]CCSCCCCCCCCCCCOc1ccccc1. The molecule has 133 valence electrons. The van der Waals surface area contributed by atoms with Crippen LogP contribution in [0.3, 0.4) is 0 Å². The molecule has 0 saturated carbocycles. The first kappa shape index (κ1) is 22.3. The molecule has 3 heteroatoms. The van der Waals surface area contributed by atoms with Crippen LogP contribution in [0.4, 0.5) is 0 Å². The van der Waals surface area contributed by atoms with E-state index in [1.54, 1.807) is 0 Å². The molecular formula is C20H36NOS. The van der Waals surface area contributed by atoms with Gasteiger partial charge in [0.15, 0.2) is 0 Å². The maximum atomic E-state index is 5.70. The van der Waals surface area contributed by atoms with Gasteiger partial charge in [-0.05, 0) is 42.9 Å². The van der Waals surface area contributed by atoms with E-state index < -0.39 is 0 Å². The van der Waals surface area contributed by atoms with Crippen LogP contribution < -0.4 is 10.9 Å².